The van der Waals surface area contributed by atoms with E-state index >= 15 is 0 Å². The quantitative estimate of drug-likeness (QED) is 0.814. The summed E-state index contributed by atoms with van der Waals surface area (Å²) in [6.45, 7) is 3.67. The van der Waals surface area contributed by atoms with Crippen LogP contribution in [0.4, 0.5) is 0 Å². The van der Waals surface area contributed by atoms with E-state index in [4.69, 9.17) is 4.74 Å². The fourth-order valence-corrected chi connectivity index (χ4v) is 3.08. The zero-order valence-electron chi connectivity index (χ0n) is 13.1. The lowest BCUT2D eigenvalue weighted by Gasteiger charge is -2.46. The van der Waals surface area contributed by atoms with Crippen LogP contribution in [-0.4, -0.2) is 47.2 Å². The van der Waals surface area contributed by atoms with Crippen molar-refractivity contribution >= 4 is 11.9 Å². The summed E-state index contributed by atoms with van der Waals surface area (Å²) in [7, 11) is 3.25. The Bertz CT molecular complexity index is 357. The number of carboxylic acids is 1. The number of nitrogens with zero attached hydrogens (tertiary/aromatic N) is 1. The predicted molar refractivity (Wildman–Crippen MR) is 76.5 cm³/mol. The Kier molecular flexibility index (Phi) is 5.57. The standard InChI is InChI=1S/C15H27NO4/c1-5-14(2,20-4)13(19)16(3)15(11-12(17)18)9-7-6-8-10-15/h5-11H2,1-4H3,(H,17,18). The number of likely N-dealkylation sites (N-methyl/N-ethyl adjacent to an activating group) is 1. The molecule has 1 saturated carbocycles. The minimum absolute atomic E-state index is 0.0126. The Morgan fingerprint density at radius 2 is 1.85 bits per heavy atom. The minimum atomic E-state index is -0.877. The number of rotatable bonds is 6. The molecule has 1 rings (SSSR count). The van der Waals surface area contributed by atoms with Crippen molar-refractivity contribution in [3.8, 4) is 0 Å². The molecule has 0 aliphatic heterocycles. The molecule has 1 aliphatic carbocycles. The van der Waals surface area contributed by atoms with Gasteiger partial charge in [-0.2, -0.15) is 0 Å². The van der Waals surface area contributed by atoms with Crippen LogP contribution >= 0.6 is 0 Å². The molecule has 0 aromatic carbocycles. The van der Waals surface area contributed by atoms with Gasteiger partial charge in [0.15, 0.2) is 0 Å². The third-order valence-electron chi connectivity index (χ3n) is 4.86. The van der Waals surface area contributed by atoms with Crippen molar-refractivity contribution < 1.29 is 19.4 Å². The van der Waals surface area contributed by atoms with E-state index in [1.807, 2.05) is 6.92 Å². The maximum Gasteiger partial charge on any atom is 0.305 e. The second-order valence-electron chi connectivity index (χ2n) is 6.01. The van der Waals surface area contributed by atoms with E-state index in [9.17, 15) is 14.7 Å². The van der Waals surface area contributed by atoms with E-state index in [0.717, 1.165) is 32.1 Å². The molecule has 116 valence electrons. The third kappa shape index (κ3) is 3.32. The van der Waals surface area contributed by atoms with Gasteiger partial charge in [0.25, 0.3) is 5.91 Å². The molecular formula is C15H27NO4. The summed E-state index contributed by atoms with van der Waals surface area (Å²) in [5, 5.41) is 9.21. The van der Waals surface area contributed by atoms with Crippen molar-refractivity contribution in [3.63, 3.8) is 0 Å². The molecular weight excluding hydrogens is 258 g/mol. The van der Waals surface area contributed by atoms with Gasteiger partial charge in [-0.3, -0.25) is 9.59 Å². The number of amides is 1. The van der Waals surface area contributed by atoms with Crippen LogP contribution in [0.1, 0.15) is 58.8 Å². The van der Waals surface area contributed by atoms with Crippen LogP contribution < -0.4 is 0 Å². The third-order valence-corrected chi connectivity index (χ3v) is 4.86. The average Bonchev–Trinajstić information content (AvgIpc) is 2.45. The second kappa shape index (κ2) is 6.57. The lowest BCUT2D eigenvalue weighted by molar-refractivity contribution is -0.162. The Labute approximate surface area is 121 Å². The summed E-state index contributed by atoms with van der Waals surface area (Å²) >= 11 is 0. The van der Waals surface area contributed by atoms with Gasteiger partial charge in [-0.1, -0.05) is 26.2 Å². The highest BCUT2D eigenvalue weighted by Crippen LogP contribution is 2.37. The van der Waals surface area contributed by atoms with Gasteiger partial charge < -0.3 is 14.7 Å². The molecule has 1 unspecified atom stereocenters. The minimum Gasteiger partial charge on any atom is -0.481 e. The number of hydrogen-bond donors (Lipinski definition) is 1. The van der Waals surface area contributed by atoms with Crippen LogP contribution in [0, 0.1) is 0 Å². The smallest absolute Gasteiger partial charge is 0.305 e. The predicted octanol–water partition coefficient (Wildman–Crippen LogP) is 2.44. The number of carbonyl (C=O) groups is 2. The van der Waals surface area contributed by atoms with Crippen LogP contribution in [0.2, 0.25) is 0 Å². The highest BCUT2D eigenvalue weighted by atomic mass is 16.5. The highest BCUT2D eigenvalue weighted by Gasteiger charge is 2.45. The first-order valence-corrected chi connectivity index (χ1v) is 7.36. The monoisotopic (exact) mass is 285 g/mol. The summed E-state index contributed by atoms with van der Waals surface area (Å²) in [4.78, 5) is 25.6. The average molecular weight is 285 g/mol. The van der Waals surface area contributed by atoms with E-state index < -0.39 is 17.1 Å². The molecule has 0 radical (unpaired) electrons. The second-order valence-corrected chi connectivity index (χ2v) is 6.01. The normalized spacial score (nSPS) is 21.0. The fraction of sp³-hybridized carbons (Fsp3) is 0.867. The lowest BCUT2D eigenvalue weighted by atomic mass is 9.77. The first-order valence-electron chi connectivity index (χ1n) is 7.36. The van der Waals surface area contributed by atoms with E-state index in [2.05, 4.69) is 0 Å². The summed E-state index contributed by atoms with van der Waals surface area (Å²) in [5.74, 6) is -0.965. The van der Waals surface area contributed by atoms with Crippen molar-refractivity contribution in [1.29, 1.82) is 0 Å². The van der Waals surface area contributed by atoms with E-state index in [-0.39, 0.29) is 12.3 Å². The van der Waals surface area contributed by atoms with E-state index in [1.165, 1.54) is 7.11 Å². The first kappa shape index (κ1) is 17.0. The van der Waals surface area contributed by atoms with Gasteiger partial charge in [-0.05, 0) is 26.2 Å². The number of ether oxygens (including phenoxy) is 1. The molecule has 0 spiro atoms. The molecule has 1 aliphatic rings. The molecule has 5 nitrogen and oxygen atoms in total. The van der Waals surface area contributed by atoms with Gasteiger partial charge in [-0.15, -0.1) is 0 Å². The molecule has 0 heterocycles. The molecule has 5 heteroatoms. The Morgan fingerprint density at radius 1 is 1.30 bits per heavy atom. The van der Waals surface area contributed by atoms with Gasteiger partial charge in [-0.25, -0.2) is 0 Å². The zero-order valence-corrected chi connectivity index (χ0v) is 13.1. The maximum atomic E-state index is 12.7. The van der Waals surface area contributed by atoms with Gasteiger partial charge >= 0.3 is 5.97 Å². The number of aliphatic carboxylic acids is 1. The van der Waals surface area contributed by atoms with Crippen molar-refractivity contribution in [2.75, 3.05) is 14.2 Å². The Hall–Kier alpha value is -1.10. The SMILES string of the molecule is CCC(C)(OC)C(=O)N(C)C1(CC(=O)O)CCCCC1. The van der Waals surface area contributed by atoms with Crippen LogP contribution in [0.3, 0.4) is 0 Å². The van der Waals surface area contributed by atoms with Gasteiger partial charge in [0.2, 0.25) is 0 Å². The number of hydrogen-bond acceptors (Lipinski definition) is 3. The molecule has 0 bridgehead atoms. The number of methoxy groups -OCH3 is 1. The summed E-state index contributed by atoms with van der Waals surface area (Å²) in [5.41, 5.74) is -1.44. The van der Waals surface area contributed by atoms with Crippen LogP contribution in [0.5, 0.6) is 0 Å². The van der Waals surface area contributed by atoms with Crippen LogP contribution in [0.25, 0.3) is 0 Å². The summed E-state index contributed by atoms with van der Waals surface area (Å²) < 4.78 is 5.37. The summed E-state index contributed by atoms with van der Waals surface area (Å²) in [6, 6.07) is 0. The molecule has 0 aromatic rings. The van der Waals surface area contributed by atoms with Crippen LogP contribution in [0.15, 0.2) is 0 Å². The molecule has 0 saturated heterocycles. The molecule has 1 amide bonds. The van der Waals surface area contributed by atoms with Crippen molar-refractivity contribution in [2.45, 2.75) is 69.9 Å². The molecule has 1 fully saturated rings. The zero-order chi connectivity index (χ0) is 15.4. The van der Waals surface area contributed by atoms with Gasteiger partial charge in [0, 0.05) is 14.2 Å². The highest BCUT2D eigenvalue weighted by molar-refractivity contribution is 5.86. The summed E-state index contributed by atoms with van der Waals surface area (Å²) in [6.07, 6.45) is 5.14. The lowest BCUT2D eigenvalue weighted by Crippen LogP contribution is -2.58. The van der Waals surface area contributed by atoms with Crippen molar-refractivity contribution in [1.82, 2.24) is 4.90 Å². The van der Waals surface area contributed by atoms with Crippen molar-refractivity contribution in [3.05, 3.63) is 0 Å². The van der Waals surface area contributed by atoms with Crippen LogP contribution in [-0.2, 0) is 14.3 Å². The Morgan fingerprint density at radius 3 is 2.25 bits per heavy atom. The largest absolute Gasteiger partial charge is 0.481 e. The van der Waals surface area contributed by atoms with Gasteiger partial charge in [0.1, 0.15) is 5.60 Å². The molecule has 20 heavy (non-hydrogen) atoms. The number of carbonyl (C=O) groups excluding carboxylic acids is 1. The molecule has 1 N–H and O–H groups in total. The number of carboxylic acid groups (broad SMARTS) is 1. The Balaban J connectivity index is 3.01. The maximum absolute atomic E-state index is 12.7. The van der Waals surface area contributed by atoms with E-state index in [0.29, 0.717) is 6.42 Å². The molecule has 0 aromatic heterocycles. The topological polar surface area (TPSA) is 66.8 Å². The van der Waals surface area contributed by atoms with Crippen molar-refractivity contribution in [2.24, 2.45) is 0 Å². The first-order chi connectivity index (χ1) is 9.31. The van der Waals surface area contributed by atoms with Gasteiger partial charge in [0.05, 0.1) is 12.0 Å². The fourth-order valence-electron chi connectivity index (χ4n) is 3.08. The molecule has 1 atom stereocenters. The van der Waals surface area contributed by atoms with E-state index in [1.54, 1.807) is 18.9 Å².